The summed E-state index contributed by atoms with van der Waals surface area (Å²) in [7, 11) is 0. The summed E-state index contributed by atoms with van der Waals surface area (Å²) in [5.74, 6) is -0.752. The maximum Gasteiger partial charge on any atom is 0.147 e. The number of halogens is 3. The molecule has 0 unspecified atom stereocenters. The van der Waals surface area contributed by atoms with Crippen LogP contribution in [0.15, 0.2) is 16.6 Å². The Bertz CT molecular complexity index is 515. The molecule has 2 nitrogen and oxygen atoms in total. The molecule has 0 amide bonds. The second-order valence-electron chi connectivity index (χ2n) is 6.26. The van der Waals surface area contributed by atoms with Crippen LogP contribution in [0.1, 0.15) is 38.5 Å². The van der Waals surface area contributed by atoms with E-state index in [1.807, 2.05) is 4.90 Å². The third-order valence-electron chi connectivity index (χ3n) is 4.74. The SMILES string of the molecule is Fc1cc(N2CCCNC3(CCCCC3)C2)c(F)cc1Br. The van der Waals surface area contributed by atoms with Crippen LogP contribution in [0.5, 0.6) is 0 Å². The first-order valence-corrected chi connectivity index (χ1v) is 8.53. The number of nitrogens with zero attached hydrogens (tertiary/aromatic N) is 1. The van der Waals surface area contributed by atoms with Crippen LogP contribution >= 0.6 is 15.9 Å². The van der Waals surface area contributed by atoms with Gasteiger partial charge in [-0.15, -0.1) is 0 Å². The van der Waals surface area contributed by atoms with Crippen LogP contribution in [0.4, 0.5) is 14.5 Å². The first-order valence-electron chi connectivity index (χ1n) is 7.74. The molecule has 0 bridgehead atoms. The van der Waals surface area contributed by atoms with Crippen LogP contribution < -0.4 is 10.2 Å². The molecule has 1 saturated carbocycles. The van der Waals surface area contributed by atoms with Crippen molar-refractivity contribution in [1.82, 2.24) is 5.32 Å². The van der Waals surface area contributed by atoms with Crippen molar-refractivity contribution in [1.29, 1.82) is 0 Å². The summed E-state index contributed by atoms with van der Waals surface area (Å²) in [5, 5.41) is 3.68. The Kier molecular flexibility index (Phi) is 4.50. The summed E-state index contributed by atoms with van der Waals surface area (Å²) in [6.07, 6.45) is 6.94. The zero-order chi connectivity index (χ0) is 14.9. The number of nitrogens with one attached hydrogen (secondary N) is 1. The van der Waals surface area contributed by atoms with E-state index in [1.165, 1.54) is 31.4 Å². The molecule has 1 aliphatic carbocycles. The molecule has 2 aliphatic rings. The molecule has 1 N–H and O–H groups in total. The van der Waals surface area contributed by atoms with Gasteiger partial charge in [-0.25, -0.2) is 8.78 Å². The van der Waals surface area contributed by atoms with Crippen molar-refractivity contribution < 1.29 is 8.78 Å². The predicted octanol–water partition coefficient (Wildman–Crippen LogP) is 4.23. The van der Waals surface area contributed by atoms with E-state index < -0.39 is 5.82 Å². The van der Waals surface area contributed by atoms with Crippen LogP contribution in [-0.4, -0.2) is 25.2 Å². The second kappa shape index (κ2) is 6.21. The van der Waals surface area contributed by atoms with Crippen LogP contribution in [0.25, 0.3) is 0 Å². The molecular weight excluding hydrogens is 338 g/mol. The summed E-state index contributed by atoms with van der Waals surface area (Å²) in [6, 6.07) is 2.55. The Balaban J connectivity index is 1.88. The lowest BCUT2D eigenvalue weighted by atomic mass is 9.81. The van der Waals surface area contributed by atoms with Gasteiger partial charge in [0.15, 0.2) is 0 Å². The number of anilines is 1. The maximum atomic E-state index is 14.2. The average molecular weight is 359 g/mol. The Labute approximate surface area is 133 Å². The molecule has 1 spiro atoms. The minimum atomic E-state index is -0.402. The van der Waals surface area contributed by atoms with Gasteiger partial charge in [-0.3, -0.25) is 0 Å². The average Bonchev–Trinajstić information content (AvgIpc) is 2.66. The predicted molar refractivity (Wildman–Crippen MR) is 84.7 cm³/mol. The highest BCUT2D eigenvalue weighted by Crippen LogP contribution is 2.34. The van der Waals surface area contributed by atoms with Crippen LogP contribution in [0, 0.1) is 11.6 Å². The van der Waals surface area contributed by atoms with Gasteiger partial charge in [-0.1, -0.05) is 19.3 Å². The standard InChI is InChI=1S/C16H21BrF2N2/c17-12-9-14(19)15(10-13(12)18)21-8-4-7-20-16(11-21)5-2-1-3-6-16/h9-10,20H,1-8,11H2. The largest absolute Gasteiger partial charge is 0.367 e. The highest BCUT2D eigenvalue weighted by atomic mass is 79.9. The molecule has 1 aliphatic heterocycles. The summed E-state index contributed by atoms with van der Waals surface area (Å²) in [6.45, 7) is 2.49. The molecule has 21 heavy (non-hydrogen) atoms. The molecule has 1 aromatic carbocycles. The lowest BCUT2D eigenvalue weighted by Crippen LogP contribution is -2.52. The monoisotopic (exact) mass is 358 g/mol. The van der Waals surface area contributed by atoms with Gasteiger partial charge in [-0.2, -0.15) is 0 Å². The molecule has 2 fully saturated rings. The van der Waals surface area contributed by atoms with Crippen LogP contribution in [0.2, 0.25) is 0 Å². The Hall–Kier alpha value is -0.680. The molecule has 5 heteroatoms. The molecule has 0 aromatic heterocycles. The van der Waals surface area contributed by atoms with E-state index in [2.05, 4.69) is 21.2 Å². The molecule has 3 rings (SSSR count). The fourth-order valence-corrected chi connectivity index (χ4v) is 3.96. The van der Waals surface area contributed by atoms with E-state index in [-0.39, 0.29) is 15.8 Å². The summed E-state index contributed by atoms with van der Waals surface area (Å²) >= 11 is 3.04. The fourth-order valence-electron chi connectivity index (χ4n) is 3.65. The topological polar surface area (TPSA) is 15.3 Å². The smallest absolute Gasteiger partial charge is 0.147 e. The second-order valence-corrected chi connectivity index (χ2v) is 7.11. The van der Waals surface area contributed by atoms with Crippen molar-refractivity contribution in [3.8, 4) is 0 Å². The Morgan fingerprint density at radius 2 is 1.81 bits per heavy atom. The normalized spacial score (nSPS) is 22.3. The highest BCUT2D eigenvalue weighted by molar-refractivity contribution is 9.10. The minimum Gasteiger partial charge on any atom is -0.367 e. The molecule has 1 heterocycles. The molecule has 0 atom stereocenters. The number of benzene rings is 1. The third kappa shape index (κ3) is 3.24. The Morgan fingerprint density at radius 3 is 2.57 bits per heavy atom. The quantitative estimate of drug-likeness (QED) is 0.755. The van der Waals surface area contributed by atoms with Gasteiger partial charge in [0.2, 0.25) is 0 Å². The summed E-state index contributed by atoms with van der Waals surface area (Å²) in [5.41, 5.74) is 0.467. The zero-order valence-electron chi connectivity index (χ0n) is 12.1. The van der Waals surface area contributed by atoms with E-state index in [0.29, 0.717) is 5.69 Å². The molecular formula is C16H21BrF2N2. The fraction of sp³-hybridized carbons (Fsp3) is 0.625. The number of hydrogen-bond donors (Lipinski definition) is 1. The van der Waals surface area contributed by atoms with E-state index in [0.717, 1.165) is 38.9 Å². The van der Waals surface area contributed by atoms with Gasteiger partial charge in [0.1, 0.15) is 11.6 Å². The van der Waals surface area contributed by atoms with Crippen molar-refractivity contribution in [2.45, 2.75) is 44.1 Å². The van der Waals surface area contributed by atoms with E-state index in [4.69, 9.17) is 0 Å². The maximum absolute atomic E-state index is 14.2. The van der Waals surface area contributed by atoms with Crippen molar-refractivity contribution in [3.63, 3.8) is 0 Å². The molecule has 1 saturated heterocycles. The van der Waals surface area contributed by atoms with Gasteiger partial charge >= 0.3 is 0 Å². The summed E-state index contributed by atoms with van der Waals surface area (Å²) in [4.78, 5) is 2.02. The van der Waals surface area contributed by atoms with Crippen molar-refractivity contribution in [2.24, 2.45) is 0 Å². The lowest BCUT2D eigenvalue weighted by Gasteiger charge is -2.40. The van der Waals surface area contributed by atoms with Gasteiger partial charge in [0.25, 0.3) is 0 Å². The van der Waals surface area contributed by atoms with E-state index in [1.54, 1.807) is 0 Å². The molecule has 0 radical (unpaired) electrons. The first-order chi connectivity index (χ1) is 10.1. The zero-order valence-corrected chi connectivity index (χ0v) is 13.7. The number of rotatable bonds is 1. The minimum absolute atomic E-state index is 0.0741. The highest BCUT2D eigenvalue weighted by Gasteiger charge is 2.35. The molecule has 1 aromatic rings. The van der Waals surface area contributed by atoms with Crippen molar-refractivity contribution >= 4 is 21.6 Å². The van der Waals surface area contributed by atoms with Gasteiger partial charge in [0, 0.05) is 24.7 Å². The van der Waals surface area contributed by atoms with Gasteiger partial charge < -0.3 is 10.2 Å². The Morgan fingerprint density at radius 1 is 1.05 bits per heavy atom. The van der Waals surface area contributed by atoms with Crippen LogP contribution in [0.3, 0.4) is 0 Å². The van der Waals surface area contributed by atoms with Gasteiger partial charge in [-0.05, 0) is 47.8 Å². The third-order valence-corrected chi connectivity index (χ3v) is 5.35. The van der Waals surface area contributed by atoms with Crippen molar-refractivity contribution in [3.05, 3.63) is 28.2 Å². The summed E-state index contributed by atoms with van der Waals surface area (Å²) < 4.78 is 28.2. The van der Waals surface area contributed by atoms with Gasteiger partial charge in [0.05, 0.1) is 10.2 Å². The van der Waals surface area contributed by atoms with Crippen molar-refractivity contribution in [2.75, 3.05) is 24.5 Å². The van der Waals surface area contributed by atoms with E-state index in [9.17, 15) is 8.78 Å². The number of hydrogen-bond acceptors (Lipinski definition) is 2. The van der Waals surface area contributed by atoms with E-state index >= 15 is 0 Å². The lowest BCUT2D eigenvalue weighted by molar-refractivity contribution is 0.246. The first kappa shape index (κ1) is 15.2. The van der Waals surface area contributed by atoms with Crippen LogP contribution in [-0.2, 0) is 0 Å². The molecule has 116 valence electrons.